The van der Waals surface area contributed by atoms with Gasteiger partial charge in [-0.05, 0) is 24.6 Å². The van der Waals surface area contributed by atoms with Gasteiger partial charge in [0.2, 0.25) is 0 Å². The molecule has 0 heterocycles. The maximum absolute atomic E-state index is 11.7. The van der Waals surface area contributed by atoms with Crippen LogP contribution in [0.25, 0.3) is 6.08 Å². The highest BCUT2D eigenvalue weighted by Crippen LogP contribution is 2.10. The van der Waals surface area contributed by atoms with Crippen LogP contribution in [0.5, 0.6) is 0 Å². The molecule has 1 aromatic rings. The van der Waals surface area contributed by atoms with E-state index in [1.165, 1.54) is 11.6 Å². The largest absolute Gasteiger partial charge is 0.352 e. The summed E-state index contributed by atoms with van der Waals surface area (Å²) < 4.78 is 0. The highest BCUT2D eigenvalue weighted by molar-refractivity contribution is 5.99. The first-order chi connectivity index (χ1) is 8.19. The van der Waals surface area contributed by atoms with E-state index in [-0.39, 0.29) is 5.91 Å². The summed E-state index contributed by atoms with van der Waals surface area (Å²) in [6, 6.07) is 6.89. The Hall–Kier alpha value is -2.14. The minimum absolute atomic E-state index is 0.197. The molecule has 0 saturated heterocycles. The van der Waals surface area contributed by atoms with E-state index in [0.29, 0.717) is 17.7 Å². The molecule has 0 aliphatic heterocycles. The van der Waals surface area contributed by atoms with Gasteiger partial charge in [-0.1, -0.05) is 18.2 Å². The van der Waals surface area contributed by atoms with E-state index < -0.39 is 5.91 Å². The lowest BCUT2D eigenvalue weighted by Gasteiger charge is -2.05. The molecule has 0 radical (unpaired) electrons. The highest BCUT2D eigenvalue weighted by atomic mass is 16.5. The molecule has 0 aromatic heterocycles. The van der Waals surface area contributed by atoms with Crippen molar-refractivity contribution in [1.82, 2.24) is 10.8 Å². The van der Waals surface area contributed by atoms with Gasteiger partial charge in [0.25, 0.3) is 11.8 Å². The van der Waals surface area contributed by atoms with E-state index in [1.807, 2.05) is 6.92 Å². The zero-order valence-corrected chi connectivity index (χ0v) is 9.43. The van der Waals surface area contributed by atoms with Crippen molar-refractivity contribution in [2.45, 2.75) is 6.92 Å². The maximum atomic E-state index is 11.7. The van der Waals surface area contributed by atoms with Gasteiger partial charge in [-0.15, -0.1) is 0 Å². The molecule has 0 spiro atoms. The fraction of sp³-hybridized carbons (Fsp3) is 0.167. The molecule has 17 heavy (non-hydrogen) atoms. The van der Waals surface area contributed by atoms with Gasteiger partial charge in [0, 0.05) is 18.2 Å². The smallest absolute Gasteiger partial charge is 0.267 e. The Morgan fingerprint density at radius 3 is 2.71 bits per heavy atom. The zero-order chi connectivity index (χ0) is 12.7. The summed E-state index contributed by atoms with van der Waals surface area (Å²) in [6.07, 6.45) is 2.62. The minimum atomic E-state index is -0.643. The Labute approximate surface area is 99.1 Å². The molecule has 0 bridgehead atoms. The number of carbonyl (C=O) groups is 2. The lowest BCUT2D eigenvalue weighted by molar-refractivity contribution is -0.124. The minimum Gasteiger partial charge on any atom is -0.352 e. The van der Waals surface area contributed by atoms with Crippen molar-refractivity contribution in [3.63, 3.8) is 0 Å². The Bertz CT molecular complexity index is 441. The molecule has 3 N–H and O–H groups in total. The third-order valence-electron chi connectivity index (χ3n) is 2.07. The van der Waals surface area contributed by atoms with Crippen LogP contribution in [0.15, 0.2) is 30.3 Å². The van der Waals surface area contributed by atoms with Crippen molar-refractivity contribution in [1.29, 1.82) is 0 Å². The van der Waals surface area contributed by atoms with Gasteiger partial charge in [-0.2, -0.15) is 0 Å². The molecule has 1 rings (SSSR count). The fourth-order valence-corrected chi connectivity index (χ4v) is 1.31. The Morgan fingerprint density at radius 2 is 2.06 bits per heavy atom. The first-order valence-electron chi connectivity index (χ1n) is 5.18. The first-order valence-corrected chi connectivity index (χ1v) is 5.18. The summed E-state index contributed by atoms with van der Waals surface area (Å²) >= 11 is 0. The summed E-state index contributed by atoms with van der Waals surface area (Å²) in [6.45, 7) is 2.36. The summed E-state index contributed by atoms with van der Waals surface area (Å²) in [5, 5.41) is 11.0. The number of rotatable bonds is 4. The second-order valence-corrected chi connectivity index (χ2v) is 3.26. The van der Waals surface area contributed by atoms with Crippen molar-refractivity contribution in [2.24, 2.45) is 0 Å². The quantitative estimate of drug-likeness (QED) is 0.412. The van der Waals surface area contributed by atoms with Gasteiger partial charge in [-0.3, -0.25) is 14.8 Å². The van der Waals surface area contributed by atoms with Gasteiger partial charge in [0.05, 0.1) is 0 Å². The molecule has 5 nitrogen and oxygen atoms in total. The molecule has 0 atom stereocenters. The topological polar surface area (TPSA) is 78.4 Å². The molecule has 0 unspecified atom stereocenters. The number of hydroxylamine groups is 1. The summed E-state index contributed by atoms with van der Waals surface area (Å²) in [4.78, 5) is 22.5. The molecule has 0 aliphatic rings. The average molecular weight is 234 g/mol. The van der Waals surface area contributed by atoms with Crippen LogP contribution >= 0.6 is 0 Å². The number of carbonyl (C=O) groups excluding carboxylic acids is 2. The van der Waals surface area contributed by atoms with Crippen LogP contribution in [0.4, 0.5) is 0 Å². The van der Waals surface area contributed by atoms with Crippen molar-refractivity contribution < 1.29 is 14.8 Å². The van der Waals surface area contributed by atoms with E-state index in [1.54, 1.807) is 24.3 Å². The van der Waals surface area contributed by atoms with Gasteiger partial charge >= 0.3 is 0 Å². The van der Waals surface area contributed by atoms with Crippen LogP contribution in [0, 0.1) is 0 Å². The van der Waals surface area contributed by atoms with Crippen LogP contribution in [0.3, 0.4) is 0 Å². The molecule has 0 fully saturated rings. The average Bonchev–Trinajstić information content (AvgIpc) is 2.36. The van der Waals surface area contributed by atoms with Crippen molar-refractivity contribution in [3.05, 3.63) is 41.5 Å². The maximum Gasteiger partial charge on any atom is 0.267 e. The summed E-state index contributed by atoms with van der Waals surface area (Å²) in [7, 11) is 0. The molecular weight excluding hydrogens is 220 g/mol. The Balaban J connectivity index is 2.96. The van der Waals surface area contributed by atoms with Crippen LogP contribution in [-0.2, 0) is 4.79 Å². The van der Waals surface area contributed by atoms with E-state index >= 15 is 0 Å². The number of nitrogens with one attached hydrogen (secondary N) is 2. The Morgan fingerprint density at radius 1 is 1.35 bits per heavy atom. The second kappa shape index (κ2) is 6.44. The van der Waals surface area contributed by atoms with Crippen LogP contribution < -0.4 is 10.8 Å². The molecule has 1 aromatic carbocycles. The number of hydrogen-bond donors (Lipinski definition) is 3. The number of hydrogen-bond acceptors (Lipinski definition) is 3. The highest BCUT2D eigenvalue weighted by Gasteiger charge is 2.07. The lowest BCUT2D eigenvalue weighted by Crippen LogP contribution is -2.23. The number of benzene rings is 1. The number of amides is 2. The predicted molar refractivity (Wildman–Crippen MR) is 63.4 cm³/mol. The van der Waals surface area contributed by atoms with Crippen LogP contribution in [0.1, 0.15) is 22.8 Å². The van der Waals surface area contributed by atoms with E-state index in [2.05, 4.69) is 5.32 Å². The Kier molecular flexibility index (Phi) is 4.90. The van der Waals surface area contributed by atoms with Crippen molar-refractivity contribution >= 4 is 17.9 Å². The predicted octanol–water partition coefficient (Wildman–Crippen LogP) is 0.955. The molecule has 0 saturated carbocycles. The van der Waals surface area contributed by atoms with Gasteiger partial charge in [0.15, 0.2) is 0 Å². The first kappa shape index (κ1) is 12.9. The van der Waals surface area contributed by atoms with Gasteiger partial charge in [-0.25, -0.2) is 5.48 Å². The molecule has 0 aliphatic carbocycles. The molecular formula is C12H14N2O3. The van der Waals surface area contributed by atoms with Gasteiger partial charge in [0.1, 0.15) is 0 Å². The second-order valence-electron chi connectivity index (χ2n) is 3.26. The normalized spacial score (nSPS) is 10.2. The molecule has 90 valence electrons. The van der Waals surface area contributed by atoms with E-state index in [4.69, 9.17) is 5.21 Å². The van der Waals surface area contributed by atoms with Crippen LogP contribution in [-0.4, -0.2) is 23.6 Å². The van der Waals surface area contributed by atoms with Crippen LogP contribution in [0.2, 0.25) is 0 Å². The van der Waals surface area contributed by atoms with Crippen molar-refractivity contribution in [3.8, 4) is 0 Å². The standard InChI is InChI=1S/C12H14N2O3/c1-2-13-12(16)10-6-4-3-5-9(10)7-8-11(15)14-17/h3-8,17H,2H2,1H3,(H,13,16)(H,14,15)/b8-7+. The lowest BCUT2D eigenvalue weighted by atomic mass is 10.1. The van der Waals surface area contributed by atoms with Crippen molar-refractivity contribution in [2.75, 3.05) is 6.54 Å². The third-order valence-corrected chi connectivity index (χ3v) is 2.07. The fourth-order valence-electron chi connectivity index (χ4n) is 1.31. The third kappa shape index (κ3) is 3.73. The van der Waals surface area contributed by atoms with E-state index in [9.17, 15) is 9.59 Å². The zero-order valence-electron chi connectivity index (χ0n) is 9.43. The van der Waals surface area contributed by atoms with Gasteiger partial charge < -0.3 is 5.32 Å². The summed E-state index contributed by atoms with van der Waals surface area (Å²) in [5.41, 5.74) is 2.58. The monoisotopic (exact) mass is 234 g/mol. The summed E-state index contributed by atoms with van der Waals surface area (Å²) in [5.74, 6) is -0.840. The molecule has 5 heteroatoms. The van der Waals surface area contributed by atoms with E-state index in [0.717, 1.165) is 6.08 Å². The SMILES string of the molecule is CCNC(=O)c1ccccc1/C=C/C(=O)NO. The molecule has 2 amide bonds.